The molecule has 0 unspecified atom stereocenters. The first-order valence-corrected chi connectivity index (χ1v) is 8.09. The molecule has 0 bridgehead atoms. The summed E-state index contributed by atoms with van der Waals surface area (Å²) in [4.78, 5) is 37.0. The Morgan fingerprint density at radius 1 is 0.875 bits per heavy atom. The number of rotatable bonds is 4. The van der Waals surface area contributed by atoms with Gasteiger partial charge in [-0.2, -0.15) is 0 Å². The summed E-state index contributed by atoms with van der Waals surface area (Å²) in [5, 5.41) is 0. The lowest BCUT2D eigenvalue weighted by atomic mass is 9.95. The molecule has 0 N–H and O–H groups in total. The van der Waals surface area contributed by atoms with Crippen molar-refractivity contribution in [2.24, 2.45) is 0 Å². The highest BCUT2D eigenvalue weighted by atomic mass is 16.5. The lowest BCUT2D eigenvalue weighted by molar-refractivity contribution is -0.129. The minimum Gasteiger partial charge on any atom is -0.451 e. The Balaban J connectivity index is 1.85. The fourth-order valence-electron chi connectivity index (χ4n) is 2.87. The molecule has 2 aromatic rings. The summed E-state index contributed by atoms with van der Waals surface area (Å²) in [6.45, 7) is 0. The fourth-order valence-corrected chi connectivity index (χ4v) is 2.87. The molecule has 3 rings (SSSR count). The molecule has 1 fully saturated rings. The van der Waals surface area contributed by atoms with Gasteiger partial charge in [-0.1, -0.05) is 48.5 Å². The molecular formula is C20H18O4. The van der Waals surface area contributed by atoms with Crippen LogP contribution in [-0.2, 0) is 9.53 Å². The summed E-state index contributed by atoms with van der Waals surface area (Å²) in [5.74, 6) is -0.894. The second-order valence-electron chi connectivity index (χ2n) is 5.85. The minimum absolute atomic E-state index is 0.0403. The van der Waals surface area contributed by atoms with E-state index in [2.05, 4.69) is 0 Å². The van der Waals surface area contributed by atoms with Gasteiger partial charge in [0.1, 0.15) is 0 Å². The fraction of sp³-hybridized carbons (Fsp3) is 0.250. The monoisotopic (exact) mass is 322 g/mol. The predicted molar refractivity (Wildman–Crippen MR) is 89.0 cm³/mol. The number of ketones is 2. The smallest absolute Gasteiger partial charge is 0.339 e. The zero-order valence-corrected chi connectivity index (χ0v) is 13.2. The first-order valence-electron chi connectivity index (χ1n) is 8.09. The minimum atomic E-state index is -0.689. The average Bonchev–Trinajstić information content (AvgIpc) is 2.63. The molecular weight excluding hydrogens is 304 g/mol. The summed E-state index contributed by atoms with van der Waals surface area (Å²) >= 11 is 0. The lowest BCUT2D eigenvalue weighted by Crippen LogP contribution is -2.30. The number of hydrogen-bond acceptors (Lipinski definition) is 4. The van der Waals surface area contributed by atoms with Gasteiger partial charge < -0.3 is 4.74 Å². The quantitative estimate of drug-likeness (QED) is 0.637. The second kappa shape index (κ2) is 7.21. The van der Waals surface area contributed by atoms with Crippen molar-refractivity contribution in [3.63, 3.8) is 0 Å². The maximum absolute atomic E-state index is 12.7. The van der Waals surface area contributed by atoms with E-state index in [0.29, 0.717) is 18.4 Å². The number of hydrogen-bond donors (Lipinski definition) is 0. The first-order chi connectivity index (χ1) is 11.7. The summed E-state index contributed by atoms with van der Waals surface area (Å²) in [5.41, 5.74) is 0.994. The van der Waals surface area contributed by atoms with E-state index >= 15 is 0 Å². The van der Waals surface area contributed by atoms with Crippen LogP contribution in [0.1, 0.15) is 52.0 Å². The van der Waals surface area contributed by atoms with E-state index in [1.54, 1.807) is 48.5 Å². The second-order valence-corrected chi connectivity index (χ2v) is 5.85. The Labute approximate surface area is 140 Å². The van der Waals surface area contributed by atoms with Gasteiger partial charge in [-0.05, 0) is 25.3 Å². The summed E-state index contributed by atoms with van der Waals surface area (Å²) in [6, 6.07) is 15.3. The van der Waals surface area contributed by atoms with Crippen LogP contribution in [-0.4, -0.2) is 23.6 Å². The first kappa shape index (κ1) is 16.1. The lowest BCUT2D eigenvalue weighted by Gasteiger charge is -2.21. The standard InChI is InChI=1S/C20H18O4/c21-17-12-6-7-13-18(17)24-20(23)16-11-5-4-10-15(16)19(22)14-8-2-1-3-9-14/h1-5,8-11,18H,6-7,12-13H2/t18-/m0/s1. The van der Waals surface area contributed by atoms with Gasteiger partial charge in [0.2, 0.25) is 0 Å². The summed E-state index contributed by atoms with van der Waals surface area (Å²) in [7, 11) is 0. The van der Waals surface area contributed by atoms with Crippen molar-refractivity contribution in [3.8, 4) is 0 Å². The van der Waals surface area contributed by atoms with E-state index in [0.717, 1.165) is 12.8 Å². The maximum atomic E-state index is 12.7. The van der Waals surface area contributed by atoms with Crippen molar-refractivity contribution >= 4 is 17.5 Å². The average molecular weight is 322 g/mol. The molecule has 0 aromatic heterocycles. The third kappa shape index (κ3) is 3.43. The summed E-state index contributed by atoms with van der Waals surface area (Å²) < 4.78 is 5.38. The SMILES string of the molecule is O=C(O[C@H]1CCCCC1=O)c1ccccc1C(=O)c1ccccc1. The zero-order chi connectivity index (χ0) is 16.9. The van der Waals surface area contributed by atoms with Crippen LogP contribution in [0.4, 0.5) is 0 Å². The molecule has 0 heterocycles. The topological polar surface area (TPSA) is 60.4 Å². The van der Waals surface area contributed by atoms with Crippen molar-refractivity contribution < 1.29 is 19.1 Å². The Kier molecular flexibility index (Phi) is 4.85. The van der Waals surface area contributed by atoms with Crippen molar-refractivity contribution in [1.82, 2.24) is 0 Å². The van der Waals surface area contributed by atoms with Gasteiger partial charge in [0.15, 0.2) is 17.7 Å². The van der Waals surface area contributed by atoms with Gasteiger partial charge in [0, 0.05) is 17.5 Å². The molecule has 1 aliphatic carbocycles. The predicted octanol–water partition coefficient (Wildman–Crippen LogP) is 3.59. The number of ether oxygens (including phenoxy) is 1. The molecule has 2 aromatic carbocycles. The van der Waals surface area contributed by atoms with Crippen LogP contribution < -0.4 is 0 Å². The number of benzene rings is 2. The molecule has 24 heavy (non-hydrogen) atoms. The highest BCUT2D eigenvalue weighted by Gasteiger charge is 2.28. The van der Waals surface area contributed by atoms with Crippen LogP contribution in [0.5, 0.6) is 0 Å². The van der Waals surface area contributed by atoms with Crippen LogP contribution in [0, 0.1) is 0 Å². The van der Waals surface area contributed by atoms with Crippen LogP contribution in [0.3, 0.4) is 0 Å². The van der Waals surface area contributed by atoms with Gasteiger partial charge in [-0.3, -0.25) is 9.59 Å². The van der Waals surface area contributed by atoms with Gasteiger partial charge in [0.25, 0.3) is 0 Å². The van der Waals surface area contributed by atoms with E-state index < -0.39 is 12.1 Å². The van der Waals surface area contributed by atoms with Gasteiger partial charge in [0.05, 0.1) is 5.56 Å². The normalized spacial score (nSPS) is 17.3. The zero-order valence-electron chi connectivity index (χ0n) is 13.2. The van der Waals surface area contributed by atoms with Crippen molar-refractivity contribution in [2.45, 2.75) is 31.8 Å². The molecule has 122 valence electrons. The van der Waals surface area contributed by atoms with Crippen molar-refractivity contribution in [2.75, 3.05) is 0 Å². The maximum Gasteiger partial charge on any atom is 0.339 e. The Morgan fingerprint density at radius 3 is 2.25 bits per heavy atom. The van der Waals surface area contributed by atoms with Gasteiger partial charge in [-0.25, -0.2) is 4.79 Å². The number of carbonyl (C=O) groups excluding carboxylic acids is 3. The van der Waals surface area contributed by atoms with E-state index in [1.807, 2.05) is 6.07 Å². The highest BCUT2D eigenvalue weighted by molar-refractivity contribution is 6.14. The van der Waals surface area contributed by atoms with Crippen LogP contribution in [0.2, 0.25) is 0 Å². The van der Waals surface area contributed by atoms with Crippen molar-refractivity contribution in [3.05, 3.63) is 71.3 Å². The molecule has 0 saturated heterocycles. The number of carbonyl (C=O) groups is 3. The molecule has 0 amide bonds. The molecule has 1 atom stereocenters. The Bertz CT molecular complexity index is 764. The van der Waals surface area contributed by atoms with Gasteiger partial charge in [-0.15, -0.1) is 0 Å². The van der Waals surface area contributed by atoms with Crippen LogP contribution in [0.25, 0.3) is 0 Å². The van der Waals surface area contributed by atoms with E-state index in [9.17, 15) is 14.4 Å². The summed E-state index contributed by atoms with van der Waals surface area (Å²) in [6.07, 6.45) is 2.03. The van der Waals surface area contributed by atoms with E-state index in [-0.39, 0.29) is 22.7 Å². The third-order valence-corrected chi connectivity index (χ3v) is 4.18. The van der Waals surface area contributed by atoms with Crippen LogP contribution >= 0.6 is 0 Å². The molecule has 1 aliphatic rings. The third-order valence-electron chi connectivity index (χ3n) is 4.18. The molecule has 4 heteroatoms. The van der Waals surface area contributed by atoms with Crippen LogP contribution in [0.15, 0.2) is 54.6 Å². The Morgan fingerprint density at radius 2 is 1.54 bits per heavy atom. The highest BCUT2D eigenvalue weighted by Crippen LogP contribution is 2.21. The largest absolute Gasteiger partial charge is 0.451 e. The molecule has 1 saturated carbocycles. The molecule has 0 spiro atoms. The Hall–Kier alpha value is -2.75. The van der Waals surface area contributed by atoms with E-state index in [1.165, 1.54) is 0 Å². The molecule has 0 aliphatic heterocycles. The van der Waals surface area contributed by atoms with Gasteiger partial charge >= 0.3 is 5.97 Å². The molecule has 4 nitrogen and oxygen atoms in total. The van der Waals surface area contributed by atoms with E-state index in [4.69, 9.17) is 4.74 Å². The number of Topliss-reactive ketones (excluding diaryl/α,β-unsaturated/α-hetero) is 1. The number of esters is 1. The molecule has 0 radical (unpaired) electrons. The van der Waals surface area contributed by atoms with Crippen molar-refractivity contribution in [1.29, 1.82) is 0 Å².